The molecule has 2 amide bonds. The minimum Gasteiger partial charge on any atom is -0.338 e. The smallest absolute Gasteiger partial charge is 0.315 e. The predicted molar refractivity (Wildman–Crippen MR) is 86.2 cm³/mol. The van der Waals surface area contributed by atoms with Crippen molar-refractivity contribution in [1.29, 1.82) is 0 Å². The molecule has 0 bridgehead atoms. The van der Waals surface area contributed by atoms with Crippen LogP contribution in [0.5, 0.6) is 0 Å². The van der Waals surface area contributed by atoms with Crippen molar-refractivity contribution in [3.05, 3.63) is 33.0 Å². The lowest BCUT2D eigenvalue weighted by atomic mass is 10.2. The minimum atomic E-state index is -0.184. The van der Waals surface area contributed by atoms with Crippen LogP contribution in [0.25, 0.3) is 0 Å². The lowest BCUT2D eigenvalue weighted by Gasteiger charge is -2.15. The summed E-state index contributed by atoms with van der Waals surface area (Å²) in [5.74, 6) is 1.85. The number of aromatic nitrogens is 3. The van der Waals surface area contributed by atoms with Crippen molar-refractivity contribution < 1.29 is 4.79 Å². The van der Waals surface area contributed by atoms with Gasteiger partial charge in [0.25, 0.3) is 0 Å². The number of carbonyl (C=O) groups is 1. The summed E-state index contributed by atoms with van der Waals surface area (Å²) < 4.78 is 2.88. The number of hydrogen-bond donors (Lipinski definition) is 2. The van der Waals surface area contributed by atoms with Gasteiger partial charge < -0.3 is 15.2 Å². The van der Waals surface area contributed by atoms with E-state index in [1.807, 2.05) is 12.1 Å². The molecule has 1 aliphatic heterocycles. The van der Waals surface area contributed by atoms with Crippen LogP contribution in [0.4, 0.5) is 4.79 Å². The van der Waals surface area contributed by atoms with Crippen molar-refractivity contribution in [2.75, 3.05) is 6.54 Å². The Bertz CT molecular complexity index is 653. The van der Waals surface area contributed by atoms with Crippen molar-refractivity contribution >= 4 is 29.0 Å². The molecule has 2 aromatic heterocycles. The summed E-state index contributed by atoms with van der Waals surface area (Å²) in [5.41, 5.74) is 0. The van der Waals surface area contributed by atoms with Gasteiger partial charge in [0.15, 0.2) is 5.82 Å². The molecule has 2 N–H and O–H groups in total. The molecule has 6 nitrogen and oxygen atoms in total. The zero-order valence-corrected chi connectivity index (χ0v) is 13.7. The molecule has 1 aliphatic rings. The van der Waals surface area contributed by atoms with E-state index in [9.17, 15) is 4.79 Å². The first kappa shape index (κ1) is 15.3. The highest BCUT2D eigenvalue weighted by Crippen LogP contribution is 2.21. The normalized spacial score (nSPS) is 13.7. The van der Waals surface area contributed by atoms with Gasteiger partial charge in [-0.05, 0) is 31.4 Å². The molecular formula is C14H18ClN5OS. The van der Waals surface area contributed by atoms with Gasteiger partial charge in [0.1, 0.15) is 5.82 Å². The van der Waals surface area contributed by atoms with Crippen LogP contribution in [0.2, 0.25) is 4.34 Å². The molecule has 0 fully saturated rings. The van der Waals surface area contributed by atoms with E-state index in [-0.39, 0.29) is 6.03 Å². The third kappa shape index (κ3) is 3.78. The Morgan fingerprint density at radius 2 is 2.23 bits per heavy atom. The van der Waals surface area contributed by atoms with Crippen LogP contribution in [0, 0.1) is 0 Å². The summed E-state index contributed by atoms with van der Waals surface area (Å²) in [5, 5.41) is 14.0. The maximum atomic E-state index is 11.8. The molecule has 0 atom stereocenters. The average Bonchev–Trinajstić information content (AvgIpc) is 3.11. The van der Waals surface area contributed by atoms with E-state index in [2.05, 4.69) is 25.4 Å². The Morgan fingerprint density at radius 1 is 1.32 bits per heavy atom. The number of fused-ring (bicyclic) bond motifs is 1. The van der Waals surface area contributed by atoms with Crippen molar-refractivity contribution in [3.63, 3.8) is 0 Å². The summed E-state index contributed by atoms with van der Waals surface area (Å²) in [6, 6.07) is 3.67. The molecule has 0 spiro atoms. The van der Waals surface area contributed by atoms with E-state index in [4.69, 9.17) is 11.6 Å². The number of aryl methyl sites for hydroxylation is 1. The standard InChI is InChI=1S/C14H18ClN5OS/c15-11-5-4-10(22-11)6-7-16-14(21)17-9-13-19-18-12-3-1-2-8-20(12)13/h4-5H,1-3,6-9H2,(H2,16,17,21). The maximum absolute atomic E-state index is 11.8. The Balaban J connectivity index is 1.41. The number of carbonyl (C=O) groups excluding carboxylic acids is 1. The first-order chi connectivity index (χ1) is 10.7. The SMILES string of the molecule is O=C(NCCc1ccc(Cl)s1)NCc1nnc2n1CCCC2. The molecule has 118 valence electrons. The van der Waals surface area contributed by atoms with E-state index >= 15 is 0 Å². The molecular weight excluding hydrogens is 322 g/mol. The van der Waals surface area contributed by atoms with Gasteiger partial charge in [-0.3, -0.25) is 0 Å². The Morgan fingerprint density at radius 3 is 3.05 bits per heavy atom. The van der Waals surface area contributed by atoms with Gasteiger partial charge in [-0.2, -0.15) is 0 Å². The van der Waals surface area contributed by atoms with Gasteiger partial charge in [-0.25, -0.2) is 4.79 Å². The Labute approximate surface area is 137 Å². The summed E-state index contributed by atoms with van der Waals surface area (Å²) >= 11 is 7.41. The lowest BCUT2D eigenvalue weighted by Crippen LogP contribution is -2.36. The van der Waals surface area contributed by atoms with Crippen LogP contribution in [0.1, 0.15) is 29.4 Å². The fraction of sp³-hybridized carbons (Fsp3) is 0.500. The number of nitrogens with one attached hydrogen (secondary N) is 2. The zero-order valence-electron chi connectivity index (χ0n) is 12.1. The average molecular weight is 340 g/mol. The lowest BCUT2D eigenvalue weighted by molar-refractivity contribution is 0.240. The largest absolute Gasteiger partial charge is 0.338 e. The predicted octanol–water partition coefficient (Wildman–Crippen LogP) is 2.37. The molecule has 3 rings (SSSR count). The van der Waals surface area contributed by atoms with Crippen LogP contribution in [-0.4, -0.2) is 27.3 Å². The van der Waals surface area contributed by atoms with Crippen LogP contribution in [0.3, 0.4) is 0 Å². The van der Waals surface area contributed by atoms with Crippen LogP contribution >= 0.6 is 22.9 Å². The molecule has 0 saturated heterocycles. The monoisotopic (exact) mass is 339 g/mol. The molecule has 2 aromatic rings. The van der Waals surface area contributed by atoms with Crippen LogP contribution in [-0.2, 0) is 25.9 Å². The highest BCUT2D eigenvalue weighted by Gasteiger charge is 2.15. The maximum Gasteiger partial charge on any atom is 0.315 e. The first-order valence-electron chi connectivity index (χ1n) is 7.39. The zero-order chi connectivity index (χ0) is 15.4. The van der Waals surface area contributed by atoms with Crippen molar-refractivity contribution in [2.45, 2.75) is 38.8 Å². The fourth-order valence-electron chi connectivity index (χ4n) is 2.51. The number of rotatable bonds is 5. The van der Waals surface area contributed by atoms with Gasteiger partial charge in [-0.15, -0.1) is 21.5 Å². The number of amides is 2. The number of halogens is 1. The second-order valence-corrected chi connectivity index (χ2v) is 7.01. The molecule has 0 radical (unpaired) electrons. The Hall–Kier alpha value is -1.60. The topological polar surface area (TPSA) is 71.8 Å². The Kier molecular flexibility index (Phi) is 4.94. The highest BCUT2D eigenvalue weighted by atomic mass is 35.5. The van der Waals surface area contributed by atoms with Gasteiger partial charge in [0.2, 0.25) is 0 Å². The van der Waals surface area contributed by atoms with Gasteiger partial charge in [-0.1, -0.05) is 11.6 Å². The second kappa shape index (κ2) is 7.11. The number of urea groups is 1. The highest BCUT2D eigenvalue weighted by molar-refractivity contribution is 7.16. The van der Waals surface area contributed by atoms with Crippen LogP contribution in [0.15, 0.2) is 12.1 Å². The molecule has 22 heavy (non-hydrogen) atoms. The van der Waals surface area contributed by atoms with E-state index in [1.165, 1.54) is 17.8 Å². The number of nitrogens with zero attached hydrogens (tertiary/aromatic N) is 3. The fourth-order valence-corrected chi connectivity index (χ4v) is 3.59. The molecule has 0 aromatic carbocycles. The summed E-state index contributed by atoms with van der Waals surface area (Å²) in [4.78, 5) is 13.0. The second-order valence-electron chi connectivity index (χ2n) is 5.21. The summed E-state index contributed by atoms with van der Waals surface area (Å²) in [7, 11) is 0. The van der Waals surface area contributed by atoms with Crippen molar-refractivity contribution in [2.24, 2.45) is 0 Å². The summed E-state index contributed by atoms with van der Waals surface area (Å²) in [6.45, 7) is 1.93. The first-order valence-corrected chi connectivity index (χ1v) is 8.58. The van der Waals surface area contributed by atoms with E-state index < -0.39 is 0 Å². The van der Waals surface area contributed by atoms with Gasteiger partial charge in [0, 0.05) is 24.4 Å². The van der Waals surface area contributed by atoms with Crippen LogP contribution < -0.4 is 10.6 Å². The molecule has 3 heterocycles. The third-order valence-electron chi connectivity index (χ3n) is 3.63. The van der Waals surface area contributed by atoms with E-state index in [0.717, 1.165) is 46.7 Å². The number of thiophene rings is 1. The third-order valence-corrected chi connectivity index (χ3v) is 4.92. The molecule has 0 aliphatic carbocycles. The summed E-state index contributed by atoms with van der Waals surface area (Å²) in [6.07, 6.45) is 4.07. The molecule has 0 saturated carbocycles. The van der Waals surface area contributed by atoms with Crippen molar-refractivity contribution in [3.8, 4) is 0 Å². The van der Waals surface area contributed by atoms with Crippen molar-refractivity contribution in [1.82, 2.24) is 25.4 Å². The van der Waals surface area contributed by atoms with E-state index in [1.54, 1.807) is 0 Å². The molecule has 8 heteroatoms. The van der Waals surface area contributed by atoms with Gasteiger partial charge >= 0.3 is 6.03 Å². The van der Waals surface area contributed by atoms with Gasteiger partial charge in [0.05, 0.1) is 10.9 Å². The van der Waals surface area contributed by atoms with E-state index in [0.29, 0.717) is 13.1 Å². The number of hydrogen-bond acceptors (Lipinski definition) is 4. The minimum absolute atomic E-state index is 0.184. The quantitative estimate of drug-likeness (QED) is 0.878. The molecule has 0 unspecified atom stereocenters.